The molecule has 0 saturated carbocycles. The van der Waals surface area contributed by atoms with Gasteiger partial charge in [0.15, 0.2) is 0 Å². The van der Waals surface area contributed by atoms with Gasteiger partial charge in [-0.3, -0.25) is 0 Å². The number of hydrogen-bond donors (Lipinski definition) is 0. The molecule has 0 aliphatic rings. The van der Waals surface area contributed by atoms with Gasteiger partial charge in [-0.05, 0) is 0 Å². The predicted molar refractivity (Wildman–Crippen MR) is 35.6 cm³/mol. The van der Waals surface area contributed by atoms with Crippen molar-refractivity contribution in [3.63, 3.8) is 0 Å². The summed E-state index contributed by atoms with van der Waals surface area (Å²) >= 11 is 0.204. The fraction of sp³-hybridized carbons (Fsp3) is 0.667. The topological polar surface area (TPSA) is 0 Å². The Kier molecular flexibility index (Phi) is 5.04. The summed E-state index contributed by atoms with van der Waals surface area (Å²) in [7, 11) is 0. The minimum atomic E-state index is 0.204. The van der Waals surface area contributed by atoms with Crippen LogP contribution in [0.5, 0.6) is 0 Å². The van der Waals surface area contributed by atoms with Crippen LogP contribution in [0.15, 0.2) is 10.7 Å². The molecule has 0 unspecified atom stereocenters. The Balaban J connectivity index is 2.81. The van der Waals surface area contributed by atoms with Crippen molar-refractivity contribution in [3.8, 4) is 0 Å². The molecule has 1 heteroatoms. The molecule has 0 aromatic rings. The van der Waals surface area contributed by atoms with Gasteiger partial charge in [0.2, 0.25) is 0 Å². The third kappa shape index (κ3) is 6.53. The van der Waals surface area contributed by atoms with Crippen LogP contribution >= 0.6 is 0 Å². The van der Waals surface area contributed by atoms with Crippen LogP contribution in [0.2, 0.25) is 4.47 Å². The van der Waals surface area contributed by atoms with Crippen molar-refractivity contribution < 1.29 is 0 Å². The second-order valence-electron chi connectivity index (χ2n) is 1.89. The third-order valence-corrected chi connectivity index (χ3v) is 3.67. The van der Waals surface area contributed by atoms with Gasteiger partial charge >= 0.3 is 55.9 Å². The summed E-state index contributed by atoms with van der Waals surface area (Å²) in [6, 6.07) is 0. The first-order chi connectivity index (χ1) is 3.27. The Labute approximate surface area is 56.1 Å². The zero-order chi connectivity index (χ0) is 5.70. The molecular formula is C6H12Te. The first-order valence-electron chi connectivity index (χ1n) is 2.50. The van der Waals surface area contributed by atoms with Crippen molar-refractivity contribution in [1.29, 1.82) is 0 Å². The van der Waals surface area contributed by atoms with Gasteiger partial charge in [-0.15, -0.1) is 0 Å². The van der Waals surface area contributed by atoms with Gasteiger partial charge in [0.25, 0.3) is 0 Å². The standard InChI is InChI=1S/C6H12Te/c1-4-7-5-6(2)3/h4,6H,1,5H2,2-3H3. The first-order valence-corrected chi connectivity index (χ1v) is 5.49. The van der Waals surface area contributed by atoms with Gasteiger partial charge in [-0.1, -0.05) is 0 Å². The van der Waals surface area contributed by atoms with Gasteiger partial charge in [0, 0.05) is 0 Å². The molecule has 0 atom stereocenters. The molecule has 0 aliphatic heterocycles. The Hall–Kier alpha value is 0.530. The molecule has 0 nitrogen and oxygen atoms in total. The van der Waals surface area contributed by atoms with Crippen molar-refractivity contribution in [2.45, 2.75) is 18.3 Å². The van der Waals surface area contributed by atoms with Crippen molar-refractivity contribution in [2.24, 2.45) is 5.92 Å². The van der Waals surface area contributed by atoms with Crippen LogP contribution in [0, 0.1) is 5.92 Å². The first kappa shape index (κ1) is 7.53. The maximum absolute atomic E-state index is 3.69. The summed E-state index contributed by atoms with van der Waals surface area (Å²) < 4.78 is 3.51. The van der Waals surface area contributed by atoms with E-state index in [1.165, 1.54) is 4.47 Å². The van der Waals surface area contributed by atoms with Crippen LogP contribution in [-0.2, 0) is 0 Å². The van der Waals surface area contributed by atoms with Crippen LogP contribution in [0.1, 0.15) is 13.8 Å². The average molecular weight is 212 g/mol. The summed E-state index contributed by atoms with van der Waals surface area (Å²) in [5, 5.41) is 0. The molecule has 0 rings (SSSR count). The minimum absolute atomic E-state index is 0.204. The Morgan fingerprint density at radius 2 is 2.29 bits per heavy atom. The molecule has 0 radical (unpaired) electrons. The van der Waals surface area contributed by atoms with Crippen LogP contribution in [0.3, 0.4) is 0 Å². The van der Waals surface area contributed by atoms with E-state index in [-0.39, 0.29) is 20.9 Å². The summed E-state index contributed by atoms with van der Waals surface area (Å²) in [4.78, 5) is 0. The van der Waals surface area contributed by atoms with E-state index < -0.39 is 0 Å². The Morgan fingerprint density at radius 1 is 1.71 bits per heavy atom. The van der Waals surface area contributed by atoms with Crippen LogP contribution < -0.4 is 0 Å². The second-order valence-corrected chi connectivity index (χ2v) is 4.75. The van der Waals surface area contributed by atoms with Crippen molar-refractivity contribution >= 4 is 20.9 Å². The van der Waals surface area contributed by atoms with Crippen LogP contribution in [-0.4, -0.2) is 20.9 Å². The maximum atomic E-state index is 3.69. The molecular weight excluding hydrogens is 200 g/mol. The Bertz CT molecular complexity index is 48.1. The monoisotopic (exact) mass is 214 g/mol. The normalized spacial score (nSPS) is 9.57. The Morgan fingerprint density at radius 3 is 2.43 bits per heavy atom. The molecule has 0 bridgehead atoms. The molecule has 42 valence electrons. The fourth-order valence-electron chi connectivity index (χ4n) is 0.260. The molecule has 0 N–H and O–H groups in total. The number of hydrogen-bond acceptors (Lipinski definition) is 0. The van der Waals surface area contributed by atoms with Gasteiger partial charge in [-0.25, -0.2) is 0 Å². The predicted octanol–water partition coefficient (Wildman–Crippen LogP) is 1.91. The van der Waals surface area contributed by atoms with Gasteiger partial charge in [-0.2, -0.15) is 0 Å². The number of rotatable bonds is 3. The molecule has 0 aromatic heterocycles. The molecule has 7 heavy (non-hydrogen) atoms. The molecule has 0 heterocycles. The van der Waals surface area contributed by atoms with E-state index in [4.69, 9.17) is 0 Å². The van der Waals surface area contributed by atoms with E-state index in [1.54, 1.807) is 0 Å². The molecule has 0 amide bonds. The van der Waals surface area contributed by atoms with E-state index >= 15 is 0 Å². The van der Waals surface area contributed by atoms with E-state index in [0.717, 1.165) is 5.92 Å². The van der Waals surface area contributed by atoms with Crippen LogP contribution in [0.25, 0.3) is 0 Å². The van der Waals surface area contributed by atoms with Crippen molar-refractivity contribution in [2.75, 3.05) is 0 Å². The van der Waals surface area contributed by atoms with Crippen LogP contribution in [0.4, 0.5) is 0 Å². The molecule has 0 saturated heterocycles. The molecule has 0 spiro atoms. The third-order valence-electron chi connectivity index (χ3n) is 0.547. The van der Waals surface area contributed by atoms with Gasteiger partial charge in [0.05, 0.1) is 0 Å². The van der Waals surface area contributed by atoms with E-state index in [0.29, 0.717) is 0 Å². The molecule has 0 aromatic carbocycles. The quantitative estimate of drug-likeness (QED) is 0.626. The summed E-state index contributed by atoms with van der Waals surface area (Å²) in [6.45, 7) is 8.21. The summed E-state index contributed by atoms with van der Waals surface area (Å²) in [6.07, 6.45) is 0. The van der Waals surface area contributed by atoms with Crippen molar-refractivity contribution in [3.05, 3.63) is 10.7 Å². The molecule has 0 fully saturated rings. The zero-order valence-corrected chi connectivity index (χ0v) is 7.31. The summed E-state index contributed by atoms with van der Waals surface area (Å²) in [5.41, 5.74) is 0. The van der Waals surface area contributed by atoms with Gasteiger partial charge in [0.1, 0.15) is 0 Å². The van der Waals surface area contributed by atoms with E-state index in [9.17, 15) is 0 Å². The average Bonchev–Trinajstić information content (AvgIpc) is 1.61. The molecule has 0 aliphatic carbocycles. The SMILES string of the molecule is C=C[Te]CC(C)C. The fourth-order valence-corrected chi connectivity index (χ4v) is 1.75. The summed E-state index contributed by atoms with van der Waals surface area (Å²) in [5.74, 6) is 0.889. The van der Waals surface area contributed by atoms with Gasteiger partial charge < -0.3 is 0 Å². The zero-order valence-electron chi connectivity index (χ0n) is 4.98. The second kappa shape index (κ2) is 4.68. The van der Waals surface area contributed by atoms with E-state index in [2.05, 4.69) is 24.6 Å². The van der Waals surface area contributed by atoms with E-state index in [1.807, 2.05) is 0 Å². The van der Waals surface area contributed by atoms with Crippen molar-refractivity contribution in [1.82, 2.24) is 0 Å².